The van der Waals surface area contributed by atoms with E-state index in [2.05, 4.69) is 27.7 Å². The summed E-state index contributed by atoms with van der Waals surface area (Å²) in [6.07, 6.45) is 61.1. The number of phosphoric ester groups is 2. The first-order valence-corrected chi connectivity index (χ1v) is 42.3. The lowest BCUT2D eigenvalue weighted by Gasteiger charge is -2.21. The largest absolute Gasteiger partial charge is 0.472 e. The summed E-state index contributed by atoms with van der Waals surface area (Å²) in [5, 5.41) is 10.5. The second-order valence-corrected chi connectivity index (χ2v) is 29.9. The molecule has 2 unspecified atom stereocenters. The van der Waals surface area contributed by atoms with Gasteiger partial charge in [0.15, 0.2) is 12.2 Å². The predicted octanol–water partition coefficient (Wildman–Crippen LogP) is 22.2. The van der Waals surface area contributed by atoms with Crippen LogP contribution in [0.2, 0.25) is 0 Å². The Balaban J connectivity index is 4.98. The first-order valence-electron chi connectivity index (χ1n) is 39.3. The molecule has 3 N–H and O–H groups in total. The van der Waals surface area contributed by atoms with Crippen molar-refractivity contribution in [2.45, 2.75) is 418 Å². The molecule has 0 aromatic carbocycles. The highest BCUT2D eigenvalue weighted by molar-refractivity contribution is 7.47. The number of aliphatic hydroxyl groups is 1. The Bertz CT molecular complexity index is 1790. The Morgan fingerprint density at radius 2 is 0.426 bits per heavy atom. The molecule has 0 heterocycles. The van der Waals surface area contributed by atoms with Gasteiger partial charge in [-0.15, -0.1) is 0 Å². The standard InChI is InChI=1S/C75H146O17P2/c1-5-9-13-17-19-21-23-25-27-29-31-33-35-37-39-41-43-45-47-49-53-56-60-73(78)86-66-71(92-75(80)62-58-54-50-48-46-44-42-40-38-36-34-32-30-28-26-24-22-20-18-14-10-6-2)68-90-94(83,84)88-64-69(76)63-87-93(81,82)89-67-70(91-74(79)61-57-52-16-12-8-4)65-85-72(77)59-55-51-15-11-7-3/h69-71,76H,5-68H2,1-4H3,(H,81,82)(H,83,84)/t69-,70+,71+/m0/s1. The third-order valence-corrected chi connectivity index (χ3v) is 19.5. The summed E-state index contributed by atoms with van der Waals surface area (Å²) in [6.45, 7) is 4.77. The molecule has 0 aromatic heterocycles. The van der Waals surface area contributed by atoms with Crippen molar-refractivity contribution in [1.29, 1.82) is 0 Å². The number of esters is 4. The van der Waals surface area contributed by atoms with E-state index < -0.39 is 97.5 Å². The van der Waals surface area contributed by atoms with E-state index in [1.165, 1.54) is 225 Å². The second-order valence-electron chi connectivity index (χ2n) is 27.0. The molecule has 19 heteroatoms. The van der Waals surface area contributed by atoms with Crippen molar-refractivity contribution in [2.24, 2.45) is 0 Å². The van der Waals surface area contributed by atoms with Crippen LogP contribution in [0.1, 0.15) is 400 Å². The van der Waals surface area contributed by atoms with Crippen molar-refractivity contribution in [3.05, 3.63) is 0 Å². The van der Waals surface area contributed by atoms with Gasteiger partial charge in [0.25, 0.3) is 0 Å². The number of rotatable bonds is 76. The van der Waals surface area contributed by atoms with Gasteiger partial charge < -0.3 is 33.8 Å². The molecule has 0 amide bonds. The van der Waals surface area contributed by atoms with Crippen LogP contribution in [-0.2, 0) is 65.4 Å². The predicted molar refractivity (Wildman–Crippen MR) is 382 cm³/mol. The summed E-state index contributed by atoms with van der Waals surface area (Å²) in [4.78, 5) is 72.0. The zero-order valence-corrected chi connectivity index (χ0v) is 62.7. The van der Waals surface area contributed by atoms with E-state index in [0.717, 1.165) is 96.3 Å². The molecule has 0 saturated heterocycles. The zero-order chi connectivity index (χ0) is 69.0. The molecule has 17 nitrogen and oxygen atoms in total. The summed E-state index contributed by atoms with van der Waals surface area (Å²) in [5.41, 5.74) is 0. The maximum atomic E-state index is 13.1. The van der Waals surface area contributed by atoms with Crippen molar-refractivity contribution >= 4 is 39.5 Å². The normalized spacial score (nSPS) is 13.9. The van der Waals surface area contributed by atoms with Crippen LogP contribution in [0, 0.1) is 0 Å². The summed E-state index contributed by atoms with van der Waals surface area (Å²) in [6, 6.07) is 0. The summed E-state index contributed by atoms with van der Waals surface area (Å²) in [5.74, 6) is -2.14. The highest BCUT2D eigenvalue weighted by Crippen LogP contribution is 2.45. The third-order valence-electron chi connectivity index (χ3n) is 17.6. The SMILES string of the molecule is CCCCCCCCCCCCCCCCCCCCCCCCC(=O)OC[C@H](COP(=O)(O)OC[C@@H](O)COP(=O)(O)OC[C@@H](COC(=O)CCCCCCC)OC(=O)CCCCCCC)OC(=O)CCCCCCCCCCCCCCCCCCCCCCCC. The molecular weight excluding hydrogens is 1230 g/mol. The van der Waals surface area contributed by atoms with Gasteiger partial charge in [0, 0.05) is 25.7 Å². The molecule has 0 rings (SSSR count). The average Bonchev–Trinajstić information content (AvgIpc) is 1.56. The third kappa shape index (κ3) is 68.6. The Kier molecular flexibility index (Phi) is 68.1. The first-order chi connectivity index (χ1) is 45.7. The van der Waals surface area contributed by atoms with Crippen LogP contribution >= 0.6 is 15.6 Å². The van der Waals surface area contributed by atoms with Gasteiger partial charge in [0.05, 0.1) is 26.4 Å². The van der Waals surface area contributed by atoms with Gasteiger partial charge in [0.1, 0.15) is 19.3 Å². The van der Waals surface area contributed by atoms with E-state index in [4.69, 9.17) is 37.0 Å². The molecule has 0 saturated carbocycles. The van der Waals surface area contributed by atoms with E-state index in [-0.39, 0.29) is 25.7 Å². The number of hydrogen-bond donors (Lipinski definition) is 3. The highest BCUT2D eigenvalue weighted by atomic mass is 31.2. The minimum Gasteiger partial charge on any atom is -0.462 e. The van der Waals surface area contributed by atoms with Gasteiger partial charge in [-0.2, -0.15) is 0 Å². The van der Waals surface area contributed by atoms with Gasteiger partial charge in [-0.05, 0) is 25.7 Å². The molecule has 94 heavy (non-hydrogen) atoms. The van der Waals surface area contributed by atoms with Crippen LogP contribution < -0.4 is 0 Å². The van der Waals surface area contributed by atoms with Gasteiger partial charge in [-0.3, -0.25) is 37.3 Å². The lowest BCUT2D eigenvalue weighted by atomic mass is 10.0. The molecule has 0 aromatic rings. The van der Waals surface area contributed by atoms with Crippen LogP contribution in [0.25, 0.3) is 0 Å². The zero-order valence-electron chi connectivity index (χ0n) is 60.9. The quantitative estimate of drug-likeness (QED) is 0.0222. The number of hydrogen-bond acceptors (Lipinski definition) is 15. The van der Waals surface area contributed by atoms with Crippen molar-refractivity contribution in [1.82, 2.24) is 0 Å². The van der Waals surface area contributed by atoms with Crippen molar-refractivity contribution in [3.8, 4) is 0 Å². The smallest absolute Gasteiger partial charge is 0.462 e. The van der Waals surface area contributed by atoms with Crippen LogP contribution in [0.15, 0.2) is 0 Å². The molecule has 0 aliphatic carbocycles. The number of carbonyl (C=O) groups is 4. The van der Waals surface area contributed by atoms with Gasteiger partial charge in [0.2, 0.25) is 0 Å². The molecule has 5 atom stereocenters. The fourth-order valence-corrected chi connectivity index (χ4v) is 13.2. The molecule has 0 fully saturated rings. The lowest BCUT2D eigenvalue weighted by Crippen LogP contribution is -2.30. The van der Waals surface area contributed by atoms with Crippen molar-refractivity contribution < 1.29 is 80.2 Å². The molecule has 558 valence electrons. The Hall–Kier alpha value is -1.94. The number of ether oxygens (including phenoxy) is 4. The average molecular weight is 1380 g/mol. The van der Waals surface area contributed by atoms with E-state index >= 15 is 0 Å². The van der Waals surface area contributed by atoms with Crippen molar-refractivity contribution in [2.75, 3.05) is 39.6 Å². The maximum Gasteiger partial charge on any atom is 0.472 e. The van der Waals surface area contributed by atoms with Crippen LogP contribution in [0.5, 0.6) is 0 Å². The number of carbonyl (C=O) groups excluding carboxylic acids is 4. The first kappa shape index (κ1) is 92.1. The van der Waals surface area contributed by atoms with E-state index in [1.54, 1.807) is 0 Å². The minimum atomic E-state index is -4.95. The Morgan fingerprint density at radius 3 is 0.628 bits per heavy atom. The molecule has 0 aliphatic heterocycles. The molecule has 0 radical (unpaired) electrons. The number of unbranched alkanes of at least 4 members (excludes halogenated alkanes) is 50. The molecule has 0 bridgehead atoms. The highest BCUT2D eigenvalue weighted by Gasteiger charge is 2.30. The molecule has 0 spiro atoms. The molecule has 0 aliphatic rings. The van der Waals surface area contributed by atoms with Gasteiger partial charge in [-0.1, -0.05) is 349 Å². The fourth-order valence-electron chi connectivity index (χ4n) is 11.6. The van der Waals surface area contributed by atoms with Crippen LogP contribution in [0.3, 0.4) is 0 Å². The van der Waals surface area contributed by atoms with Crippen LogP contribution in [-0.4, -0.2) is 96.7 Å². The number of phosphoric acid groups is 2. The topological polar surface area (TPSA) is 237 Å². The Labute approximate surface area is 575 Å². The number of aliphatic hydroxyl groups excluding tert-OH is 1. The lowest BCUT2D eigenvalue weighted by molar-refractivity contribution is -0.161. The summed E-state index contributed by atoms with van der Waals surface area (Å²) < 4.78 is 67.9. The monoisotopic (exact) mass is 1380 g/mol. The summed E-state index contributed by atoms with van der Waals surface area (Å²) >= 11 is 0. The summed E-state index contributed by atoms with van der Waals surface area (Å²) in [7, 11) is -9.88. The van der Waals surface area contributed by atoms with Crippen LogP contribution in [0.4, 0.5) is 0 Å². The van der Waals surface area contributed by atoms with Crippen molar-refractivity contribution in [3.63, 3.8) is 0 Å². The maximum absolute atomic E-state index is 13.1. The van der Waals surface area contributed by atoms with Gasteiger partial charge >= 0.3 is 39.5 Å². The minimum absolute atomic E-state index is 0.0994. The second kappa shape index (κ2) is 69.5. The van der Waals surface area contributed by atoms with E-state index in [0.29, 0.717) is 25.7 Å². The van der Waals surface area contributed by atoms with E-state index in [9.17, 15) is 43.2 Å². The van der Waals surface area contributed by atoms with E-state index in [1.807, 2.05) is 0 Å². The fraction of sp³-hybridized carbons (Fsp3) is 0.947. The Morgan fingerprint density at radius 1 is 0.255 bits per heavy atom. The van der Waals surface area contributed by atoms with Gasteiger partial charge in [-0.25, -0.2) is 9.13 Å². The molecular formula is C75H146O17P2.